The second-order valence-electron chi connectivity index (χ2n) is 9.59. The number of quaternary nitrogens is 1. The Balaban J connectivity index is 1.22. The fraction of sp³-hybridized carbons (Fsp3) is 0.188. The molecule has 0 unspecified atom stereocenters. The maximum atomic E-state index is 9.83. The summed E-state index contributed by atoms with van der Waals surface area (Å²) in [4.78, 5) is 8.28. The van der Waals surface area contributed by atoms with Gasteiger partial charge in [-0.05, 0) is 16.3 Å². The van der Waals surface area contributed by atoms with Crippen molar-refractivity contribution < 1.29 is 9.32 Å². The van der Waals surface area contributed by atoms with Crippen molar-refractivity contribution in [3.05, 3.63) is 131 Å². The Labute approximate surface area is 217 Å². The number of benzene rings is 4. The molecule has 0 amide bonds. The zero-order valence-electron chi connectivity index (χ0n) is 20.7. The van der Waals surface area contributed by atoms with E-state index in [1.807, 2.05) is 12.1 Å². The maximum absolute atomic E-state index is 9.83. The van der Waals surface area contributed by atoms with Crippen molar-refractivity contribution in [3.8, 4) is 6.07 Å². The minimum Gasteiger partial charge on any atom is -0.423 e. The van der Waals surface area contributed by atoms with Crippen molar-refractivity contribution in [2.75, 3.05) is 31.1 Å². The highest BCUT2D eigenvalue weighted by atomic mass is 16.4. The fourth-order valence-corrected chi connectivity index (χ4v) is 5.57. The van der Waals surface area contributed by atoms with Gasteiger partial charge in [0.25, 0.3) is 0 Å². The molecule has 0 radical (unpaired) electrons. The lowest BCUT2D eigenvalue weighted by atomic mass is 9.96. The lowest BCUT2D eigenvalue weighted by Crippen LogP contribution is -3.15. The molecule has 1 aliphatic rings. The van der Waals surface area contributed by atoms with Crippen LogP contribution in [-0.4, -0.2) is 31.2 Å². The van der Waals surface area contributed by atoms with Gasteiger partial charge in [0, 0.05) is 11.1 Å². The van der Waals surface area contributed by atoms with Gasteiger partial charge in [-0.3, -0.25) is 0 Å². The van der Waals surface area contributed by atoms with E-state index < -0.39 is 0 Å². The standard InChI is InChI=1S/C32H28N4O/c33-23-29-32(37-30(34-29)22-27-16-9-15-24-10-7-8-17-28(24)27)36-20-18-35(19-21-36)31(25-11-3-1-4-12-25)26-13-5-2-6-14-26/h1-17,31H,18-22H2/p+1. The van der Waals surface area contributed by atoms with Crippen molar-refractivity contribution in [3.63, 3.8) is 0 Å². The Morgan fingerprint density at radius 1 is 0.811 bits per heavy atom. The molecule has 6 rings (SSSR count). The van der Waals surface area contributed by atoms with E-state index in [0.717, 1.165) is 31.7 Å². The van der Waals surface area contributed by atoms with Gasteiger partial charge in [0.05, 0.1) is 32.6 Å². The molecule has 37 heavy (non-hydrogen) atoms. The van der Waals surface area contributed by atoms with Gasteiger partial charge < -0.3 is 14.2 Å². The molecule has 2 heterocycles. The molecular formula is C32H29N4O+. The number of rotatable bonds is 6. The van der Waals surface area contributed by atoms with Gasteiger partial charge in [-0.15, -0.1) is 0 Å². The van der Waals surface area contributed by atoms with Crippen molar-refractivity contribution >= 4 is 16.7 Å². The number of fused-ring (bicyclic) bond motifs is 1. The summed E-state index contributed by atoms with van der Waals surface area (Å²) in [6.45, 7) is 3.50. The van der Waals surface area contributed by atoms with Gasteiger partial charge in [-0.1, -0.05) is 103 Å². The van der Waals surface area contributed by atoms with Crippen molar-refractivity contribution in [1.82, 2.24) is 4.98 Å². The summed E-state index contributed by atoms with van der Waals surface area (Å²) in [6, 6.07) is 38.7. The summed E-state index contributed by atoms with van der Waals surface area (Å²) in [5, 5.41) is 12.2. The Morgan fingerprint density at radius 3 is 2.11 bits per heavy atom. The van der Waals surface area contributed by atoms with Gasteiger partial charge in [0.1, 0.15) is 12.1 Å². The van der Waals surface area contributed by atoms with Crippen LogP contribution in [-0.2, 0) is 6.42 Å². The lowest BCUT2D eigenvalue weighted by Gasteiger charge is -2.36. The molecule has 1 fully saturated rings. The Hall–Kier alpha value is -4.40. The zero-order valence-corrected chi connectivity index (χ0v) is 20.7. The van der Waals surface area contributed by atoms with Crippen LogP contribution in [0.3, 0.4) is 0 Å². The quantitative estimate of drug-likeness (QED) is 0.376. The molecule has 0 aliphatic carbocycles. The van der Waals surface area contributed by atoms with Gasteiger partial charge in [0.2, 0.25) is 17.5 Å². The lowest BCUT2D eigenvalue weighted by molar-refractivity contribution is -0.926. The van der Waals surface area contributed by atoms with E-state index in [2.05, 4.69) is 107 Å². The highest BCUT2D eigenvalue weighted by Crippen LogP contribution is 2.27. The molecule has 0 spiro atoms. The Kier molecular flexibility index (Phi) is 6.41. The van der Waals surface area contributed by atoms with Crippen molar-refractivity contribution in [2.45, 2.75) is 12.5 Å². The van der Waals surface area contributed by atoms with Crippen LogP contribution >= 0.6 is 0 Å². The van der Waals surface area contributed by atoms with E-state index in [1.165, 1.54) is 26.8 Å². The van der Waals surface area contributed by atoms with Crippen LogP contribution < -0.4 is 9.80 Å². The topological polar surface area (TPSA) is 57.5 Å². The molecular weight excluding hydrogens is 456 g/mol. The predicted octanol–water partition coefficient (Wildman–Crippen LogP) is 4.78. The maximum Gasteiger partial charge on any atom is 0.235 e. The van der Waals surface area contributed by atoms with E-state index in [0.29, 0.717) is 23.9 Å². The summed E-state index contributed by atoms with van der Waals surface area (Å²) in [5.41, 5.74) is 4.18. The second kappa shape index (κ2) is 10.3. The number of anilines is 1. The second-order valence-corrected chi connectivity index (χ2v) is 9.59. The van der Waals surface area contributed by atoms with Gasteiger partial charge >= 0.3 is 0 Å². The summed E-state index contributed by atoms with van der Waals surface area (Å²) >= 11 is 0. The highest BCUT2D eigenvalue weighted by Gasteiger charge is 2.32. The number of nitrogens with zero attached hydrogens (tertiary/aromatic N) is 3. The third-order valence-corrected chi connectivity index (χ3v) is 7.35. The largest absolute Gasteiger partial charge is 0.423 e. The SMILES string of the molecule is N#Cc1nc(Cc2cccc3ccccc23)oc1N1CC[NH+](C(c2ccccc2)c2ccccc2)CC1. The molecule has 5 nitrogen and oxygen atoms in total. The average Bonchev–Trinajstić information content (AvgIpc) is 3.38. The van der Waals surface area contributed by atoms with E-state index in [-0.39, 0.29) is 6.04 Å². The molecule has 1 N–H and O–H groups in total. The zero-order chi connectivity index (χ0) is 25.0. The number of hydrogen-bond donors (Lipinski definition) is 1. The first kappa shape index (κ1) is 23.0. The summed E-state index contributed by atoms with van der Waals surface area (Å²) in [7, 11) is 0. The van der Waals surface area contributed by atoms with Crippen LogP contribution in [0.2, 0.25) is 0 Å². The van der Waals surface area contributed by atoms with E-state index in [9.17, 15) is 5.26 Å². The first-order chi connectivity index (χ1) is 18.3. The van der Waals surface area contributed by atoms with E-state index in [1.54, 1.807) is 0 Å². The van der Waals surface area contributed by atoms with Crippen LogP contribution in [0.15, 0.2) is 108 Å². The Bertz CT molecular complexity index is 1490. The van der Waals surface area contributed by atoms with Crippen LogP contribution in [0.1, 0.15) is 34.3 Å². The smallest absolute Gasteiger partial charge is 0.235 e. The van der Waals surface area contributed by atoms with Crippen molar-refractivity contribution in [2.24, 2.45) is 0 Å². The molecule has 1 aliphatic heterocycles. The van der Waals surface area contributed by atoms with Crippen LogP contribution in [0.4, 0.5) is 5.88 Å². The first-order valence-electron chi connectivity index (χ1n) is 12.9. The van der Waals surface area contributed by atoms with E-state index >= 15 is 0 Å². The fourth-order valence-electron chi connectivity index (χ4n) is 5.57. The molecule has 182 valence electrons. The molecule has 0 saturated carbocycles. The third kappa shape index (κ3) is 4.72. The molecule has 1 saturated heterocycles. The van der Waals surface area contributed by atoms with Gasteiger partial charge in [0.15, 0.2) is 0 Å². The number of nitrogens with one attached hydrogen (secondary N) is 1. The highest BCUT2D eigenvalue weighted by molar-refractivity contribution is 5.85. The number of hydrogen-bond acceptors (Lipinski definition) is 4. The minimum absolute atomic E-state index is 0.275. The third-order valence-electron chi connectivity index (χ3n) is 7.35. The normalized spacial score (nSPS) is 14.2. The molecule has 1 aromatic heterocycles. The molecule has 0 atom stereocenters. The number of aromatic nitrogens is 1. The average molecular weight is 486 g/mol. The summed E-state index contributed by atoms with van der Waals surface area (Å²) in [6.07, 6.45) is 0.561. The Morgan fingerprint density at radius 2 is 1.43 bits per heavy atom. The monoisotopic (exact) mass is 485 g/mol. The van der Waals surface area contributed by atoms with Crippen LogP contribution in [0.25, 0.3) is 10.8 Å². The number of piperazine rings is 1. The van der Waals surface area contributed by atoms with Crippen LogP contribution in [0, 0.1) is 11.3 Å². The first-order valence-corrected chi connectivity index (χ1v) is 12.9. The molecule has 5 heteroatoms. The molecule has 0 bridgehead atoms. The van der Waals surface area contributed by atoms with Crippen molar-refractivity contribution in [1.29, 1.82) is 5.26 Å². The minimum atomic E-state index is 0.275. The van der Waals surface area contributed by atoms with Crippen LogP contribution in [0.5, 0.6) is 0 Å². The van der Waals surface area contributed by atoms with Gasteiger partial charge in [-0.25, -0.2) is 4.98 Å². The summed E-state index contributed by atoms with van der Waals surface area (Å²) < 4.78 is 6.25. The van der Waals surface area contributed by atoms with E-state index in [4.69, 9.17) is 4.42 Å². The number of oxazole rings is 1. The molecule has 4 aromatic carbocycles. The number of nitriles is 1. The molecule has 5 aromatic rings. The summed E-state index contributed by atoms with van der Waals surface area (Å²) in [5.74, 6) is 1.19. The van der Waals surface area contributed by atoms with Gasteiger partial charge in [-0.2, -0.15) is 5.26 Å². The predicted molar refractivity (Wildman–Crippen MR) is 146 cm³/mol.